The standard InChI is InChI=1S/C24H22N4O/c1-16-7-3-6-10-21(16)26-25-19-12-13-22(17(2)15-19)27-28-24-20-9-5-4-8-18(20)11-14-23(24)29/h3-5,7-9,11-15,29H,6,10H2,1-2H3. The van der Waals surface area contributed by atoms with E-state index < -0.39 is 0 Å². The van der Waals surface area contributed by atoms with E-state index in [1.54, 1.807) is 6.07 Å². The van der Waals surface area contributed by atoms with Crippen molar-refractivity contribution in [3.05, 3.63) is 83.6 Å². The van der Waals surface area contributed by atoms with Crippen molar-refractivity contribution in [3.8, 4) is 5.75 Å². The van der Waals surface area contributed by atoms with Gasteiger partial charge in [-0.15, -0.1) is 5.11 Å². The summed E-state index contributed by atoms with van der Waals surface area (Å²) in [5.74, 6) is 0.112. The van der Waals surface area contributed by atoms with Gasteiger partial charge in [-0.05, 0) is 67.5 Å². The van der Waals surface area contributed by atoms with Gasteiger partial charge in [0.1, 0.15) is 11.4 Å². The maximum Gasteiger partial charge on any atom is 0.143 e. The second-order valence-corrected chi connectivity index (χ2v) is 7.10. The van der Waals surface area contributed by atoms with Crippen molar-refractivity contribution in [1.82, 2.24) is 0 Å². The summed E-state index contributed by atoms with van der Waals surface area (Å²) >= 11 is 0. The Labute approximate surface area is 169 Å². The monoisotopic (exact) mass is 382 g/mol. The molecular formula is C24H22N4O. The number of hydrogen-bond acceptors (Lipinski definition) is 5. The molecule has 0 unspecified atom stereocenters. The highest BCUT2D eigenvalue weighted by Gasteiger charge is 2.07. The molecule has 0 bridgehead atoms. The number of nitrogens with zero attached hydrogens (tertiary/aromatic N) is 4. The molecule has 0 saturated heterocycles. The third-order valence-electron chi connectivity index (χ3n) is 4.97. The van der Waals surface area contributed by atoms with E-state index in [1.807, 2.05) is 55.5 Å². The Morgan fingerprint density at radius 3 is 2.55 bits per heavy atom. The number of aryl methyl sites for hydroxylation is 1. The van der Waals surface area contributed by atoms with Crippen LogP contribution in [0.4, 0.5) is 17.1 Å². The Morgan fingerprint density at radius 1 is 0.862 bits per heavy atom. The molecule has 0 spiro atoms. The zero-order valence-electron chi connectivity index (χ0n) is 16.5. The minimum Gasteiger partial charge on any atom is -0.506 e. The minimum absolute atomic E-state index is 0.112. The molecule has 29 heavy (non-hydrogen) atoms. The average Bonchev–Trinajstić information content (AvgIpc) is 2.73. The van der Waals surface area contributed by atoms with E-state index in [2.05, 4.69) is 39.5 Å². The van der Waals surface area contributed by atoms with Gasteiger partial charge in [0, 0.05) is 5.39 Å². The number of rotatable bonds is 4. The van der Waals surface area contributed by atoms with Crippen LogP contribution in [0.5, 0.6) is 5.75 Å². The van der Waals surface area contributed by atoms with Crippen LogP contribution < -0.4 is 0 Å². The van der Waals surface area contributed by atoms with E-state index in [-0.39, 0.29) is 5.75 Å². The molecule has 0 aromatic heterocycles. The molecule has 0 radical (unpaired) electrons. The largest absolute Gasteiger partial charge is 0.506 e. The van der Waals surface area contributed by atoms with Gasteiger partial charge in [0.2, 0.25) is 0 Å². The Hall–Kier alpha value is -3.60. The van der Waals surface area contributed by atoms with Gasteiger partial charge in [-0.25, -0.2) is 0 Å². The summed E-state index contributed by atoms with van der Waals surface area (Å²) in [6.07, 6.45) is 6.18. The number of hydrogen-bond donors (Lipinski definition) is 1. The predicted octanol–water partition coefficient (Wildman–Crippen LogP) is 7.98. The van der Waals surface area contributed by atoms with Crippen LogP contribution in [0.25, 0.3) is 10.8 Å². The van der Waals surface area contributed by atoms with E-state index >= 15 is 0 Å². The van der Waals surface area contributed by atoms with E-state index in [0.29, 0.717) is 5.69 Å². The number of allylic oxidation sites excluding steroid dienone is 4. The number of phenolic OH excluding ortho intramolecular Hbond substituents is 1. The maximum absolute atomic E-state index is 10.2. The number of fused-ring (bicyclic) bond motifs is 1. The van der Waals surface area contributed by atoms with Gasteiger partial charge < -0.3 is 5.11 Å². The molecule has 0 heterocycles. The van der Waals surface area contributed by atoms with Crippen LogP contribution in [0.1, 0.15) is 25.3 Å². The summed E-state index contributed by atoms with van der Waals surface area (Å²) < 4.78 is 0. The fraction of sp³-hybridized carbons (Fsp3) is 0.167. The lowest BCUT2D eigenvalue weighted by Gasteiger charge is -2.07. The van der Waals surface area contributed by atoms with Crippen molar-refractivity contribution in [2.75, 3.05) is 0 Å². The van der Waals surface area contributed by atoms with E-state index in [1.165, 1.54) is 0 Å². The van der Waals surface area contributed by atoms with Gasteiger partial charge in [0.25, 0.3) is 0 Å². The highest BCUT2D eigenvalue weighted by Crippen LogP contribution is 2.36. The predicted molar refractivity (Wildman–Crippen MR) is 117 cm³/mol. The normalized spacial score (nSPS) is 14.6. The zero-order chi connectivity index (χ0) is 20.2. The third kappa shape index (κ3) is 4.14. The molecule has 0 atom stereocenters. The molecule has 1 aliphatic carbocycles. The van der Waals surface area contributed by atoms with Crippen LogP contribution in [-0.2, 0) is 0 Å². The molecule has 3 aromatic rings. The van der Waals surface area contributed by atoms with E-state index in [4.69, 9.17) is 0 Å². The first-order chi connectivity index (χ1) is 14.1. The van der Waals surface area contributed by atoms with Gasteiger partial charge in [0.15, 0.2) is 0 Å². The Kier molecular flexibility index (Phi) is 5.29. The molecule has 1 aliphatic rings. The van der Waals surface area contributed by atoms with Gasteiger partial charge >= 0.3 is 0 Å². The first-order valence-electron chi connectivity index (χ1n) is 9.63. The minimum atomic E-state index is 0.112. The summed E-state index contributed by atoms with van der Waals surface area (Å²) in [6, 6.07) is 17.0. The fourth-order valence-corrected chi connectivity index (χ4v) is 3.29. The third-order valence-corrected chi connectivity index (χ3v) is 4.97. The van der Waals surface area contributed by atoms with Crippen LogP contribution in [0.15, 0.2) is 98.5 Å². The second kappa shape index (κ2) is 8.19. The smallest absolute Gasteiger partial charge is 0.143 e. The lowest BCUT2D eigenvalue weighted by atomic mass is 10.1. The lowest BCUT2D eigenvalue weighted by molar-refractivity contribution is 0.477. The quantitative estimate of drug-likeness (QED) is 0.456. The number of azo groups is 2. The summed E-state index contributed by atoms with van der Waals surface area (Å²) in [4.78, 5) is 0. The summed E-state index contributed by atoms with van der Waals surface area (Å²) in [5.41, 5.74) is 5.12. The topological polar surface area (TPSA) is 69.7 Å². The zero-order valence-corrected chi connectivity index (χ0v) is 16.5. The van der Waals surface area contributed by atoms with Crippen molar-refractivity contribution >= 4 is 27.8 Å². The molecule has 4 rings (SSSR count). The number of phenols is 1. The molecule has 0 amide bonds. The van der Waals surface area contributed by atoms with Crippen molar-refractivity contribution < 1.29 is 5.11 Å². The molecular weight excluding hydrogens is 360 g/mol. The van der Waals surface area contributed by atoms with Gasteiger partial charge in [-0.3, -0.25) is 0 Å². The maximum atomic E-state index is 10.2. The average molecular weight is 382 g/mol. The highest BCUT2D eigenvalue weighted by atomic mass is 16.3. The second-order valence-electron chi connectivity index (χ2n) is 7.10. The Bertz CT molecular complexity index is 1190. The van der Waals surface area contributed by atoms with Crippen LogP contribution in [0, 0.1) is 6.92 Å². The van der Waals surface area contributed by atoms with Crippen LogP contribution in [-0.4, -0.2) is 5.11 Å². The molecule has 0 aliphatic heterocycles. The van der Waals surface area contributed by atoms with E-state index in [9.17, 15) is 5.11 Å². The first kappa shape index (κ1) is 18.7. The fourth-order valence-electron chi connectivity index (χ4n) is 3.29. The molecule has 0 saturated carbocycles. The van der Waals surface area contributed by atoms with Gasteiger partial charge in [-0.2, -0.15) is 15.3 Å². The first-order valence-corrected chi connectivity index (χ1v) is 9.63. The van der Waals surface area contributed by atoms with Crippen LogP contribution in [0.2, 0.25) is 0 Å². The SMILES string of the molecule is CC1=C(N=Nc2ccc(N=Nc3c(O)ccc4ccccc34)c(C)c2)CCC=C1. The molecule has 5 heteroatoms. The van der Waals surface area contributed by atoms with Crippen molar-refractivity contribution in [1.29, 1.82) is 0 Å². The van der Waals surface area contributed by atoms with Crippen LogP contribution >= 0.6 is 0 Å². The van der Waals surface area contributed by atoms with Crippen LogP contribution in [0.3, 0.4) is 0 Å². The summed E-state index contributed by atoms with van der Waals surface area (Å²) in [5, 5.41) is 29.6. The number of benzene rings is 3. The van der Waals surface area contributed by atoms with Gasteiger partial charge in [-0.1, -0.05) is 42.5 Å². The molecule has 3 aromatic carbocycles. The molecule has 144 valence electrons. The summed E-state index contributed by atoms with van der Waals surface area (Å²) in [6.45, 7) is 4.02. The molecule has 1 N–H and O–H groups in total. The lowest BCUT2D eigenvalue weighted by Crippen LogP contribution is -1.88. The molecule has 5 nitrogen and oxygen atoms in total. The highest BCUT2D eigenvalue weighted by molar-refractivity contribution is 5.95. The van der Waals surface area contributed by atoms with Gasteiger partial charge in [0.05, 0.1) is 17.1 Å². The van der Waals surface area contributed by atoms with E-state index in [0.717, 1.165) is 51.8 Å². The Morgan fingerprint density at radius 2 is 1.72 bits per heavy atom. The van der Waals surface area contributed by atoms with Crippen molar-refractivity contribution in [2.45, 2.75) is 26.7 Å². The van der Waals surface area contributed by atoms with Crippen molar-refractivity contribution in [3.63, 3.8) is 0 Å². The van der Waals surface area contributed by atoms with Crippen molar-refractivity contribution in [2.24, 2.45) is 20.5 Å². The molecule has 0 fully saturated rings. The summed E-state index contributed by atoms with van der Waals surface area (Å²) in [7, 11) is 0. The number of aromatic hydroxyl groups is 1. The Balaban J connectivity index is 1.60.